The van der Waals surface area contributed by atoms with Crippen molar-refractivity contribution in [2.24, 2.45) is 5.92 Å². The van der Waals surface area contributed by atoms with Crippen molar-refractivity contribution >= 4 is 23.3 Å². The number of imidazole rings is 1. The number of nitriles is 1. The number of benzene rings is 1. The van der Waals surface area contributed by atoms with Crippen LogP contribution in [0.1, 0.15) is 45.2 Å². The van der Waals surface area contributed by atoms with Crippen LogP contribution in [-0.4, -0.2) is 9.55 Å². The minimum Gasteiger partial charge on any atom is -0.329 e. The van der Waals surface area contributed by atoms with Gasteiger partial charge < -0.3 is 9.55 Å². The van der Waals surface area contributed by atoms with E-state index in [1.165, 1.54) is 6.42 Å². The molecular weight excluding hydrogens is 254 g/mol. The highest BCUT2D eigenvalue weighted by molar-refractivity contribution is 7.71. The van der Waals surface area contributed by atoms with Crippen molar-refractivity contribution in [2.75, 3.05) is 0 Å². The Bertz CT molecular complexity index is 675. The molecule has 0 bridgehead atoms. The molecule has 2 aromatic rings. The van der Waals surface area contributed by atoms with Crippen LogP contribution >= 0.6 is 12.2 Å². The van der Waals surface area contributed by atoms with Gasteiger partial charge in [-0.05, 0) is 43.6 Å². The maximum atomic E-state index is 9.14. The average Bonchev–Trinajstić information content (AvgIpc) is 2.74. The second-order valence-electron chi connectivity index (χ2n) is 5.21. The molecule has 1 aromatic carbocycles. The summed E-state index contributed by atoms with van der Waals surface area (Å²) in [5, 5.41) is 9.14. The SMILES string of the molecule is CCC(C)CC(C)n1c(=S)[nH]c2c(C#N)cccc21. The third-order valence-corrected chi connectivity index (χ3v) is 4.05. The fourth-order valence-electron chi connectivity index (χ4n) is 2.53. The van der Waals surface area contributed by atoms with E-state index in [1.54, 1.807) is 0 Å². The van der Waals surface area contributed by atoms with Gasteiger partial charge in [-0.3, -0.25) is 0 Å². The number of para-hydroxylation sites is 1. The molecule has 0 spiro atoms. The van der Waals surface area contributed by atoms with E-state index in [1.807, 2.05) is 18.2 Å². The van der Waals surface area contributed by atoms with Gasteiger partial charge in [-0.1, -0.05) is 26.3 Å². The molecule has 0 saturated heterocycles. The first-order valence-electron chi connectivity index (χ1n) is 6.71. The molecule has 0 aliphatic carbocycles. The topological polar surface area (TPSA) is 44.5 Å². The van der Waals surface area contributed by atoms with Gasteiger partial charge in [-0.2, -0.15) is 5.26 Å². The lowest BCUT2D eigenvalue weighted by Crippen LogP contribution is -2.09. The summed E-state index contributed by atoms with van der Waals surface area (Å²) < 4.78 is 2.84. The normalized spacial score (nSPS) is 14.2. The average molecular weight is 273 g/mol. The predicted molar refractivity (Wildman–Crippen MR) is 80.6 cm³/mol. The van der Waals surface area contributed by atoms with E-state index in [4.69, 9.17) is 17.5 Å². The minimum atomic E-state index is 0.338. The van der Waals surface area contributed by atoms with Gasteiger partial charge >= 0.3 is 0 Å². The lowest BCUT2D eigenvalue weighted by Gasteiger charge is -2.18. The van der Waals surface area contributed by atoms with Crippen LogP contribution < -0.4 is 0 Å². The second-order valence-corrected chi connectivity index (χ2v) is 5.60. The Morgan fingerprint density at radius 2 is 2.16 bits per heavy atom. The van der Waals surface area contributed by atoms with Crippen LogP contribution in [0, 0.1) is 22.0 Å². The third-order valence-electron chi connectivity index (χ3n) is 3.75. The van der Waals surface area contributed by atoms with Crippen LogP contribution in [-0.2, 0) is 0 Å². The predicted octanol–water partition coefficient (Wildman–Crippen LogP) is 4.57. The Kier molecular flexibility index (Phi) is 4.06. The molecule has 2 atom stereocenters. The van der Waals surface area contributed by atoms with Gasteiger partial charge in [-0.25, -0.2) is 0 Å². The molecule has 0 fully saturated rings. The number of hydrogen-bond acceptors (Lipinski definition) is 2. The number of fused-ring (bicyclic) bond motifs is 1. The number of aromatic nitrogens is 2. The summed E-state index contributed by atoms with van der Waals surface area (Å²) in [5.74, 6) is 0.668. The highest BCUT2D eigenvalue weighted by atomic mass is 32.1. The fraction of sp³-hybridized carbons (Fsp3) is 0.467. The molecule has 0 aliphatic heterocycles. The molecule has 0 aliphatic rings. The molecule has 2 unspecified atom stereocenters. The van der Waals surface area contributed by atoms with Gasteiger partial charge in [0.05, 0.1) is 16.6 Å². The Morgan fingerprint density at radius 1 is 1.42 bits per heavy atom. The van der Waals surface area contributed by atoms with E-state index in [2.05, 4.69) is 36.4 Å². The minimum absolute atomic E-state index is 0.338. The Balaban J connectivity index is 2.53. The zero-order valence-corrected chi connectivity index (χ0v) is 12.4. The maximum Gasteiger partial charge on any atom is 0.178 e. The molecule has 4 heteroatoms. The number of H-pyrrole nitrogens is 1. The van der Waals surface area contributed by atoms with Crippen molar-refractivity contribution in [3.05, 3.63) is 28.5 Å². The quantitative estimate of drug-likeness (QED) is 0.829. The molecule has 3 nitrogen and oxygen atoms in total. The van der Waals surface area contributed by atoms with E-state index in [9.17, 15) is 0 Å². The second kappa shape index (κ2) is 5.58. The van der Waals surface area contributed by atoms with Gasteiger partial charge in [0.15, 0.2) is 4.77 Å². The van der Waals surface area contributed by atoms with Crippen LogP contribution in [0.25, 0.3) is 11.0 Å². The van der Waals surface area contributed by atoms with E-state index in [0.717, 1.165) is 17.5 Å². The molecule has 0 amide bonds. The van der Waals surface area contributed by atoms with Crippen molar-refractivity contribution in [3.63, 3.8) is 0 Å². The van der Waals surface area contributed by atoms with Crippen LogP contribution in [0.4, 0.5) is 0 Å². The van der Waals surface area contributed by atoms with E-state index < -0.39 is 0 Å². The first-order chi connectivity index (χ1) is 9.08. The summed E-state index contributed by atoms with van der Waals surface area (Å²) in [6, 6.07) is 8.30. The molecule has 1 heterocycles. The molecule has 19 heavy (non-hydrogen) atoms. The number of aromatic amines is 1. The lowest BCUT2D eigenvalue weighted by atomic mass is 10.00. The van der Waals surface area contributed by atoms with Gasteiger partial charge in [0.25, 0.3) is 0 Å². The number of nitrogens with one attached hydrogen (secondary N) is 1. The highest BCUT2D eigenvalue weighted by Gasteiger charge is 2.15. The van der Waals surface area contributed by atoms with Crippen LogP contribution in [0.15, 0.2) is 18.2 Å². The van der Waals surface area contributed by atoms with E-state index in [0.29, 0.717) is 22.3 Å². The molecule has 2 rings (SSSR count). The summed E-state index contributed by atoms with van der Waals surface area (Å²) >= 11 is 5.42. The molecule has 1 aromatic heterocycles. The summed E-state index contributed by atoms with van der Waals surface area (Å²) in [4.78, 5) is 3.17. The highest BCUT2D eigenvalue weighted by Crippen LogP contribution is 2.26. The van der Waals surface area contributed by atoms with Crippen molar-refractivity contribution in [2.45, 2.75) is 39.7 Å². The monoisotopic (exact) mass is 273 g/mol. The Morgan fingerprint density at radius 3 is 2.79 bits per heavy atom. The summed E-state index contributed by atoms with van der Waals surface area (Å²) in [7, 11) is 0. The smallest absolute Gasteiger partial charge is 0.178 e. The maximum absolute atomic E-state index is 9.14. The number of nitrogens with zero attached hydrogens (tertiary/aromatic N) is 2. The number of rotatable bonds is 4. The fourth-order valence-corrected chi connectivity index (χ4v) is 2.91. The van der Waals surface area contributed by atoms with Gasteiger partial charge in [-0.15, -0.1) is 0 Å². The molecule has 0 radical (unpaired) electrons. The van der Waals surface area contributed by atoms with Crippen LogP contribution in [0.2, 0.25) is 0 Å². The van der Waals surface area contributed by atoms with Crippen molar-refractivity contribution < 1.29 is 0 Å². The van der Waals surface area contributed by atoms with Crippen molar-refractivity contribution in [1.29, 1.82) is 5.26 Å². The molecule has 1 N–H and O–H groups in total. The van der Waals surface area contributed by atoms with Gasteiger partial charge in [0, 0.05) is 6.04 Å². The van der Waals surface area contributed by atoms with Gasteiger partial charge in [0.2, 0.25) is 0 Å². The van der Waals surface area contributed by atoms with Crippen molar-refractivity contribution in [1.82, 2.24) is 9.55 Å². The Labute approximate surface area is 118 Å². The molecule has 100 valence electrons. The Hall–Kier alpha value is -1.60. The first kappa shape index (κ1) is 13.8. The summed E-state index contributed by atoms with van der Waals surface area (Å²) in [6.07, 6.45) is 2.26. The molecule has 0 saturated carbocycles. The zero-order chi connectivity index (χ0) is 14.0. The molecular formula is C15H19N3S. The van der Waals surface area contributed by atoms with E-state index in [-0.39, 0.29) is 0 Å². The van der Waals surface area contributed by atoms with Crippen LogP contribution in [0.3, 0.4) is 0 Å². The largest absolute Gasteiger partial charge is 0.329 e. The van der Waals surface area contributed by atoms with Crippen LogP contribution in [0.5, 0.6) is 0 Å². The lowest BCUT2D eigenvalue weighted by molar-refractivity contribution is 0.402. The third kappa shape index (κ3) is 2.57. The zero-order valence-electron chi connectivity index (χ0n) is 11.6. The standard InChI is InChI=1S/C15H19N3S/c1-4-10(2)8-11(3)18-13-7-5-6-12(9-16)14(13)17-15(18)19/h5-7,10-11H,4,8H2,1-3H3,(H,17,19). The van der Waals surface area contributed by atoms with E-state index >= 15 is 0 Å². The van der Waals surface area contributed by atoms with Crippen molar-refractivity contribution in [3.8, 4) is 6.07 Å². The summed E-state index contributed by atoms with van der Waals surface area (Å²) in [6.45, 7) is 6.66. The summed E-state index contributed by atoms with van der Waals surface area (Å²) in [5.41, 5.74) is 2.53. The van der Waals surface area contributed by atoms with Gasteiger partial charge in [0.1, 0.15) is 6.07 Å². The number of hydrogen-bond donors (Lipinski definition) is 1. The first-order valence-corrected chi connectivity index (χ1v) is 7.12.